The lowest BCUT2D eigenvalue weighted by Gasteiger charge is -2.10. The Morgan fingerprint density at radius 1 is 1.43 bits per heavy atom. The average molecular weight is 260 g/mol. The second kappa shape index (κ2) is 3.73. The summed E-state index contributed by atoms with van der Waals surface area (Å²) in [6.07, 6.45) is 0.393. The molecule has 0 aromatic heterocycles. The molecule has 1 fully saturated rings. The Labute approximate surface area is 98.8 Å². The molecular weight excluding hydrogens is 246 g/mol. The highest BCUT2D eigenvalue weighted by molar-refractivity contribution is 6.67. The Morgan fingerprint density at radius 2 is 1.93 bits per heavy atom. The van der Waals surface area contributed by atoms with Crippen LogP contribution in [-0.2, 0) is 9.53 Å². The van der Waals surface area contributed by atoms with Gasteiger partial charge in [-0.1, -0.05) is 48.7 Å². The third kappa shape index (κ3) is 2.47. The van der Waals surface area contributed by atoms with E-state index in [1.165, 1.54) is 7.11 Å². The second-order valence-corrected chi connectivity index (χ2v) is 6.76. The summed E-state index contributed by atoms with van der Waals surface area (Å²) in [6.45, 7) is 3.96. The first-order chi connectivity index (χ1) is 6.20. The van der Waals surface area contributed by atoms with E-state index in [9.17, 15) is 4.79 Å². The lowest BCUT2D eigenvalue weighted by molar-refractivity contribution is -0.143. The van der Waals surface area contributed by atoms with E-state index < -0.39 is 3.79 Å². The number of carbonyl (C=O) groups is 1. The summed E-state index contributed by atoms with van der Waals surface area (Å²) in [7, 11) is 1.38. The van der Waals surface area contributed by atoms with E-state index >= 15 is 0 Å². The number of hydrogen-bond donors (Lipinski definition) is 0. The average Bonchev–Trinajstić information content (AvgIpc) is 2.49. The highest BCUT2D eigenvalue weighted by Gasteiger charge is 2.63. The van der Waals surface area contributed by atoms with Crippen molar-refractivity contribution in [2.24, 2.45) is 17.3 Å². The van der Waals surface area contributed by atoms with E-state index in [1.54, 1.807) is 0 Å². The second-order valence-electron chi connectivity index (χ2n) is 4.25. The van der Waals surface area contributed by atoms with E-state index in [0.29, 0.717) is 6.42 Å². The molecule has 0 radical (unpaired) electrons. The number of halogens is 3. The largest absolute Gasteiger partial charge is 0.469 e. The van der Waals surface area contributed by atoms with Gasteiger partial charge in [0.1, 0.15) is 0 Å². The molecule has 82 valence electrons. The molecule has 1 aliphatic carbocycles. The van der Waals surface area contributed by atoms with Gasteiger partial charge < -0.3 is 4.74 Å². The zero-order chi connectivity index (χ0) is 11.1. The first-order valence-electron chi connectivity index (χ1n) is 4.34. The molecule has 1 aliphatic rings. The normalized spacial score (nSPS) is 29.9. The van der Waals surface area contributed by atoms with Crippen LogP contribution >= 0.6 is 34.8 Å². The molecule has 2 atom stereocenters. The van der Waals surface area contributed by atoms with Gasteiger partial charge >= 0.3 is 5.97 Å². The van der Waals surface area contributed by atoms with Crippen LogP contribution in [0.25, 0.3) is 0 Å². The van der Waals surface area contributed by atoms with Gasteiger partial charge in [0.05, 0.1) is 13.0 Å². The Hall–Kier alpha value is 0.340. The van der Waals surface area contributed by atoms with Crippen LogP contribution in [0.2, 0.25) is 0 Å². The molecule has 0 unspecified atom stereocenters. The lowest BCUT2D eigenvalue weighted by atomic mass is 10.1. The quantitative estimate of drug-likeness (QED) is 0.562. The van der Waals surface area contributed by atoms with Crippen molar-refractivity contribution in [2.75, 3.05) is 7.11 Å². The predicted molar refractivity (Wildman–Crippen MR) is 57.7 cm³/mol. The maximum atomic E-state index is 11.3. The van der Waals surface area contributed by atoms with Gasteiger partial charge in [0.25, 0.3) is 0 Å². The van der Waals surface area contributed by atoms with Crippen molar-refractivity contribution in [1.29, 1.82) is 0 Å². The van der Waals surface area contributed by atoms with Crippen molar-refractivity contribution in [1.82, 2.24) is 0 Å². The molecule has 5 heteroatoms. The molecule has 1 saturated carbocycles. The zero-order valence-corrected chi connectivity index (χ0v) is 10.6. The SMILES string of the molecule is COC(=O)[C@@H]1[C@H](CC(Cl)(Cl)Cl)C1(C)C. The lowest BCUT2D eigenvalue weighted by Crippen LogP contribution is -2.09. The van der Waals surface area contributed by atoms with E-state index in [1.807, 2.05) is 13.8 Å². The van der Waals surface area contributed by atoms with Gasteiger partial charge in [-0.3, -0.25) is 4.79 Å². The van der Waals surface area contributed by atoms with Crippen LogP contribution < -0.4 is 0 Å². The molecule has 14 heavy (non-hydrogen) atoms. The van der Waals surface area contributed by atoms with Crippen LogP contribution in [0.5, 0.6) is 0 Å². The van der Waals surface area contributed by atoms with Crippen LogP contribution in [0.1, 0.15) is 20.3 Å². The molecule has 0 aliphatic heterocycles. The molecule has 0 aromatic carbocycles. The molecule has 0 bridgehead atoms. The summed E-state index contributed by atoms with van der Waals surface area (Å²) < 4.78 is 3.40. The molecule has 0 heterocycles. The summed E-state index contributed by atoms with van der Waals surface area (Å²) in [5.41, 5.74) is -0.114. The minimum Gasteiger partial charge on any atom is -0.469 e. The Kier molecular flexibility index (Phi) is 3.31. The molecule has 0 aromatic rings. The monoisotopic (exact) mass is 258 g/mol. The van der Waals surface area contributed by atoms with Gasteiger partial charge in [-0.2, -0.15) is 0 Å². The summed E-state index contributed by atoms with van der Waals surface area (Å²) in [6, 6.07) is 0. The Balaban J connectivity index is 2.62. The molecule has 2 nitrogen and oxygen atoms in total. The number of alkyl halides is 3. The van der Waals surface area contributed by atoms with Crippen LogP contribution in [0, 0.1) is 17.3 Å². The van der Waals surface area contributed by atoms with Crippen molar-refractivity contribution in [2.45, 2.75) is 24.1 Å². The summed E-state index contributed by atoms with van der Waals surface area (Å²) in [4.78, 5) is 11.3. The number of rotatable bonds is 2. The predicted octanol–water partition coefficient (Wildman–Crippen LogP) is 3.19. The van der Waals surface area contributed by atoms with E-state index in [-0.39, 0.29) is 23.2 Å². The number of methoxy groups -OCH3 is 1. The zero-order valence-electron chi connectivity index (χ0n) is 8.31. The highest BCUT2D eigenvalue weighted by atomic mass is 35.6. The maximum Gasteiger partial charge on any atom is 0.309 e. The summed E-state index contributed by atoms with van der Waals surface area (Å²) in [5.74, 6) is -0.250. The Bertz CT molecular complexity index is 245. The maximum absolute atomic E-state index is 11.3. The first kappa shape index (κ1) is 12.4. The van der Waals surface area contributed by atoms with Crippen molar-refractivity contribution < 1.29 is 9.53 Å². The standard InChI is InChI=1S/C9H13Cl3O2/c1-8(2)5(4-9(10,11)12)6(8)7(13)14-3/h5-6H,4H2,1-3H3/t5-,6-/m0/s1. The Morgan fingerprint density at radius 3 is 2.29 bits per heavy atom. The summed E-state index contributed by atoms with van der Waals surface area (Å²) in [5, 5.41) is 0. The third-order valence-corrected chi connectivity index (χ3v) is 3.42. The van der Waals surface area contributed by atoms with Crippen LogP contribution in [0.4, 0.5) is 0 Å². The number of esters is 1. The smallest absolute Gasteiger partial charge is 0.309 e. The topological polar surface area (TPSA) is 26.3 Å². The molecule has 1 rings (SSSR count). The minimum atomic E-state index is -1.29. The number of carbonyl (C=O) groups excluding carboxylic acids is 1. The summed E-state index contributed by atoms with van der Waals surface area (Å²) >= 11 is 17.1. The van der Waals surface area contributed by atoms with Gasteiger partial charge in [0.15, 0.2) is 3.79 Å². The fraction of sp³-hybridized carbons (Fsp3) is 0.889. The van der Waals surface area contributed by atoms with Crippen LogP contribution in [0.3, 0.4) is 0 Å². The van der Waals surface area contributed by atoms with Crippen molar-refractivity contribution in [3.63, 3.8) is 0 Å². The third-order valence-electron chi connectivity index (χ3n) is 2.96. The fourth-order valence-electron chi connectivity index (χ4n) is 1.97. The number of hydrogen-bond acceptors (Lipinski definition) is 2. The molecule has 0 spiro atoms. The van der Waals surface area contributed by atoms with Crippen molar-refractivity contribution in [3.8, 4) is 0 Å². The molecule has 0 N–H and O–H groups in total. The van der Waals surface area contributed by atoms with Crippen molar-refractivity contribution >= 4 is 40.8 Å². The first-order valence-corrected chi connectivity index (χ1v) is 5.48. The molecule has 0 saturated heterocycles. The van der Waals surface area contributed by atoms with Crippen molar-refractivity contribution in [3.05, 3.63) is 0 Å². The van der Waals surface area contributed by atoms with E-state index in [2.05, 4.69) is 4.74 Å². The van der Waals surface area contributed by atoms with Crippen LogP contribution in [0.15, 0.2) is 0 Å². The highest BCUT2D eigenvalue weighted by Crippen LogP contribution is 2.63. The van der Waals surface area contributed by atoms with E-state index in [4.69, 9.17) is 34.8 Å². The van der Waals surface area contributed by atoms with Crippen LogP contribution in [-0.4, -0.2) is 16.9 Å². The van der Waals surface area contributed by atoms with Gasteiger partial charge in [-0.05, 0) is 17.8 Å². The van der Waals surface area contributed by atoms with E-state index in [0.717, 1.165) is 0 Å². The molecule has 0 amide bonds. The van der Waals surface area contributed by atoms with Gasteiger partial charge in [-0.25, -0.2) is 0 Å². The fourth-order valence-corrected chi connectivity index (χ4v) is 2.47. The molecular formula is C9H13Cl3O2. The van der Waals surface area contributed by atoms with Gasteiger partial charge in [-0.15, -0.1) is 0 Å². The minimum absolute atomic E-state index is 0.0995. The van der Waals surface area contributed by atoms with Gasteiger partial charge in [0, 0.05) is 0 Å². The number of ether oxygens (including phenoxy) is 1. The van der Waals surface area contributed by atoms with Gasteiger partial charge in [0.2, 0.25) is 0 Å².